The maximum atomic E-state index is 9.41. The van der Waals surface area contributed by atoms with Crippen LogP contribution in [0.1, 0.15) is 30.1 Å². The van der Waals surface area contributed by atoms with E-state index in [2.05, 4.69) is 42.1 Å². The second kappa shape index (κ2) is 6.54. The minimum atomic E-state index is -1.30. The van der Waals surface area contributed by atoms with Crippen LogP contribution in [0.4, 0.5) is 0 Å². The summed E-state index contributed by atoms with van der Waals surface area (Å²) in [6.45, 7) is 9.49. The Kier molecular flexibility index (Phi) is 4.77. The van der Waals surface area contributed by atoms with Gasteiger partial charge in [-0.1, -0.05) is 43.2 Å². The molecule has 1 aromatic carbocycles. The van der Waals surface area contributed by atoms with Gasteiger partial charge in [-0.2, -0.15) is 5.26 Å². The summed E-state index contributed by atoms with van der Waals surface area (Å²) in [5.74, 6) is 3.35. The van der Waals surface area contributed by atoms with Gasteiger partial charge in [0.2, 0.25) is 0 Å². The SMILES string of the molecule is C[Si](C)(C)C#CCN1CCC2(CC1)OC(C#N)c1ccc(Cl)cc12. The van der Waals surface area contributed by atoms with Gasteiger partial charge >= 0.3 is 0 Å². The van der Waals surface area contributed by atoms with Crippen molar-refractivity contribution in [3.05, 3.63) is 34.3 Å². The van der Waals surface area contributed by atoms with Crippen molar-refractivity contribution in [2.24, 2.45) is 0 Å². The summed E-state index contributed by atoms with van der Waals surface area (Å²) in [5.41, 5.74) is 5.15. The lowest BCUT2D eigenvalue weighted by molar-refractivity contribution is -0.0909. The quantitative estimate of drug-likeness (QED) is 0.560. The van der Waals surface area contributed by atoms with E-state index < -0.39 is 14.2 Å². The van der Waals surface area contributed by atoms with Crippen LogP contribution in [-0.4, -0.2) is 32.6 Å². The minimum Gasteiger partial charge on any atom is -0.347 e. The standard InChI is InChI=1S/C19H23ClN2OSi/c1-24(2,3)12-4-9-22-10-7-19(8-11-22)17-13-15(20)5-6-16(17)18(14-21)23-19/h5-6,13,18H,7-11H2,1-3H3. The highest BCUT2D eigenvalue weighted by Gasteiger charge is 2.46. The molecule has 0 aliphatic carbocycles. The number of nitrogens with zero attached hydrogens (tertiary/aromatic N) is 2. The zero-order valence-electron chi connectivity index (χ0n) is 14.5. The fraction of sp³-hybridized carbons (Fsp3) is 0.526. The smallest absolute Gasteiger partial charge is 0.170 e. The molecule has 0 bridgehead atoms. The number of benzene rings is 1. The molecule has 3 rings (SSSR count). The first kappa shape index (κ1) is 17.5. The van der Waals surface area contributed by atoms with Crippen LogP contribution in [-0.2, 0) is 10.3 Å². The molecule has 5 heteroatoms. The lowest BCUT2D eigenvalue weighted by Gasteiger charge is -2.38. The highest BCUT2D eigenvalue weighted by molar-refractivity contribution is 6.83. The number of fused-ring (bicyclic) bond motifs is 2. The van der Waals surface area contributed by atoms with Gasteiger partial charge in [-0.05, 0) is 30.5 Å². The summed E-state index contributed by atoms with van der Waals surface area (Å²) in [4.78, 5) is 2.38. The number of rotatable bonds is 1. The van der Waals surface area contributed by atoms with Crippen molar-refractivity contribution in [2.45, 2.75) is 44.2 Å². The molecule has 1 spiro atoms. The predicted octanol–water partition coefficient (Wildman–Crippen LogP) is 4.11. The first-order chi connectivity index (χ1) is 11.3. The van der Waals surface area contributed by atoms with Crippen molar-refractivity contribution in [2.75, 3.05) is 19.6 Å². The molecule has 2 heterocycles. The normalized spacial score (nSPS) is 22.5. The van der Waals surface area contributed by atoms with E-state index >= 15 is 0 Å². The average Bonchev–Trinajstić information content (AvgIpc) is 2.82. The molecule has 0 aromatic heterocycles. The number of likely N-dealkylation sites (tertiary alicyclic amines) is 1. The van der Waals surface area contributed by atoms with Crippen LogP contribution in [0.5, 0.6) is 0 Å². The molecule has 1 saturated heterocycles. The van der Waals surface area contributed by atoms with Crippen LogP contribution < -0.4 is 0 Å². The largest absolute Gasteiger partial charge is 0.347 e. The summed E-state index contributed by atoms with van der Waals surface area (Å²) >= 11 is 6.19. The minimum absolute atomic E-state index is 0.358. The van der Waals surface area contributed by atoms with Crippen LogP contribution in [0.3, 0.4) is 0 Å². The Morgan fingerprint density at radius 2 is 2.04 bits per heavy atom. The van der Waals surface area contributed by atoms with Crippen LogP contribution >= 0.6 is 11.6 Å². The zero-order chi connectivity index (χ0) is 17.4. The molecule has 0 radical (unpaired) electrons. The molecule has 1 unspecified atom stereocenters. The van der Waals surface area contributed by atoms with Crippen molar-refractivity contribution in [3.63, 3.8) is 0 Å². The summed E-state index contributed by atoms with van der Waals surface area (Å²) in [6, 6.07) is 8.04. The molecule has 0 saturated carbocycles. The first-order valence-corrected chi connectivity index (χ1v) is 12.3. The Bertz CT molecular complexity index is 730. The van der Waals surface area contributed by atoms with Crippen LogP contribution in [0.2, 0.25) is 24.7 Å². The molecule has 0 amide bonds. The maximum Gasteiger partial charge on any atom is 0.170 e. The van der Waals surface area contributed by atoms with Crippen molar-refractivity contribution in [3.8, 4) is 17.5 Å². The fourth-order valence-electron chi connectivity index (χ4n) is 3.48. The Morgan fingerprint density at radius 1 is 1.33 bits per heavy atom. The summed E-state index contributed by atoms with van der Waals surface area (Å²) in [5, 5.41) is 10.1. The Labute approximate surface area is 150 Å². The fourth-order valence-corrected chi connectivity index (χ4v) is 4.26. The summed E-state index contributed by atoms with van der Waals surface area (Å²) < 4.78 is 6.20. The number of halogens is 1. The van der Waals surface area contributed by atoms with Crippen LogP contribution in [0.15, 0.2) is 18.2 Å². The van der Waals surface area contributed by atoms with Gasteiger partial charge in [0.25, 0.3) is 0 Å². The number of nitriles is 1. The predicted molar refractivity (Wildman–Crippen MR) is 99.4 cm³/mol. The van der Waals surface area contributed by atoms with Gasteiger partial charge in [-0.15, -0.1) is 5.54 Å². The Morgan fingerprint density at radius 3 is 2.67 bits per heavy atom. The molecular formula is C19H23ClN2OSi. The molecular weight excluding hydrogens is 336 g/mol. The topological polar surface area (TPSA) is 36.3 Å². The molecule has 2 aliphatic heterocycles. The Balaban J connectivity index is 1.73. The third-order valence-electron chi connectivity index (χ3n) is 4.68. The number of piperidine rings is 1. The van der Waals surface area contributed by atoms with E-state index in [1.165, 1.54) is 0 Å². The van der Waals surface area contributed by atoms with Gasteiger partial charge in [0, 0.05) is 23.7 Å². The van der Waals surface area contributed by atoms with Gasteiger partial charge in [0.05, 0.1) is 18.2 Å². The molecule has 2 aliphatic rings. The van der Waals surface area contributed by atoms with Gasteiger partial charge in [-0.25, -0.2) is 0 Å². The highest BCUT2D eigenvalue weighted by Crippen LogP contribution is 2.49. The molecule has 0 N–H and O–H groups in total. The lowest BCUT2D eigenvalue weighted by Crippen LogP contribution is -2.42. The number of hydrogen-bond acceptors (Lipinski definition) is 3. The molecule has 1 atom stereocenters. The molecule has 24 heavy (non-hydrogen) atoms. The third-order valence-corrected chi connectivity index (χ3v) is 5.84. The van der Waals surface area contributed by atoms with E-state index in [4.69, 9.17) is 16.3 Å². The van der Waals surface area contributed by atoms with E-state index in [1.54, 1.807) is 0 Å². The monoisotopic (exact) mass is 358 g/mol. The summed E-state index contributed by atoms with van der Waals surface area (Å²) in [6.07, 6.45) is 1.29. The van der Waals surface area contributed by atoms with Crippen molar-refractivity contribution in [1.29, 1.82) is 5.26 Å². The lowest BCUT2D eigenvalue weighted by atomic mass is 9.83. The van der Waals surface area contributed by atoms with Crippen LogP contribution in [0.25, 0.3) is 0 Å². The van der Waals surface area contributed by atoms with E-state index in [-0.39, 0.29) is 5.60 Å². The molecule has 3 nitrogen and oxygen atoms in total. The second-order valence-corrected chi connectivity index (χ2v) is 12.9. The van der Waals surface area contributed by atoms with Crippen molar-refractivity contribution >= 4 is 19.7 Å². The van der Waals surface area contributed by atoms with Gasteiger partial charge in [-0.3, -0.25) is 4.90 Å². The van der Waals surface area contributed by atoms with Crippen molar-refractivity contribution < 1.29 is 4.74 Å². The molecule has 126 valence electrons. The van der Waals surface area contributed by atoms with Gasteiger partial charge in [0.15, 0.2) is 6.10 Å². The zero-order valence-corrected chi connectivity index (χ0v) is 16.3. The number of hydrogen-bond donors (Lipinski definition) is 0. The third kappa shape index (κ3) is 3.53. The molecule has 1 aromatic rings. The van der Waals surface area contributed by atoms with Gasteiger partial charge < -0.3 is 4.74 Å². The van der Waals surface area contributed by atoms with Gasteiger partial charge in [0.1, 0.15) is 8.07 Å². The highest BCUT2D eigenvalue weighted by atomic mass is 35.5. The van der Waals surface area contributed by atoms with Crippen LogP contribution in [0, 0.1) is 22.8 Å². The number of ether oxygens (including phenoxy) is 1. The average molecular weight is 359 g/mol. The first-order valence-electron chi connectivity index (χ1n) is 8.43. The van der Waals surface area contributed by atoms with E-state index in [9.17, 15) is 5.26 Å². The maximum absolute atomic E-state index is 9.41. The van der Waals surface area contributed by atoms with E-state index in [0.29, 0.717) is 5.02 Å². The second-order valence-electron chi connectivity index (χ2n) is 7.68. The Hall–Kier alpha value is -1.30. The van der Waals surface area contributed by atoms with E-state index in [0.717, 1.165) is 43.6 Å². The molecule has 1 fully saturated rings. The summed E-state index contributed by atoms with van der Waals surface area (Å²) in [7, 11) is -1.30. The van der Waals surface area contributed by atoms with E-state index in [1.807, 2.05) is 18.2 Å². The van der Waals surface area contributed by atoms with Crippen molar-refractivity contribution in [1.82, 2.24) is 4.90 Å².